The molecule has 2 fully saturated rings. The lowest BCUT2D eigenvalue weighted by Crippen LogP contribution is -2.43. The number of rotatable bonds is 6. The summed E-state index contributed by atoms with van der Waals surface area (Å²) in [5, 5.41) is 7.24. The SMILES string of the molecule is O=C(COc1ccc2ccccc2c1C=Nn1c(C2CCCCC2)nc2ccccc2c1=O)N1CCOCC1. The Morgan fingerprint density at radius 2 is 1.72 bits per heavy atom. The number of benzene rings is 3. The smallest absolute Gasteiger partial charge is 0.282 e. The van der Waals surface area contributed by atoms with E-state index >= 15 is 0 Å². The minimum Gasteiger partial charge on any atom is -0.483 e. The van der Waals surface area contributed by atoms with Crippen LogP contribution in [0.5, 0.6) is 5.75 Å². The minimum absolute atomic E-state index is 0.0794. The number of ether oxygens (including phenoxy) is 2. The van der Waals surface area contributed by atoms with Gasteiger partial charge in [-0.1, -0.05) is 61.7 Å². The summed E-state index contributed by atoms with van der Waals surface area (Å²) in [5.74, 6) is 1.35. The second kappa shape index (κ2) is 11.4. The van der Waals surface area contributed by atoms with Crippen LogP contribution in [0.1, 0.15) is 49.4 Å². The van der Waals surface area contributed by atoms with E-state index in [-0.39, 0.29) is 24.0 Å². The van der Waals surface area contributed by atoms with Gasteiger partial charge in [0.1, 0.15) is 11.6 Å². The number of carbonyl (C=O) groups is 1. The number of carbonyl (C=O) groups excluding carboxylic acids is 1. The highest BCUT2D eigenvalue weighted by Crippen LogP contribution is 2.32. The van der Waals surface area contributed by atoms with Crippen molar-refractivity contribution < 1.29 is 14.3 Å². The molecule has 0 atom stereocenters. The number of amides is 1. The van der Waals surface area contributed by atoms with Gasteiger partial charge in [-0.05, 0) is 41.8 Å². The van der Waals surface area contributed by atoms with Crippen LogP contribution in [0.3, 0.4) is 0 Å². The number of aromatic nitrogens is 2. The van der Waals surface area contributed by atoms with Crippen molar-refractivity contribution in [1.82, 2.24) is 14.6 Å². The Hall–Kier alpha value is -4.04. The lowest BCUT2D eigenvalue weighted by molar-refractivity contribution is -0.137. The topological polar surface area (TPSA) is 86.0 Å². The largest absolute Gasteiger partial charge is 0.483 e. The molecule has 1 saturated heterocycles. The number of hydrogen-bond donors (Lipinski definition) is 0. The first-order chi connectivity index (χ1) is 19.2. The summed E-state index contributed by atoms with van der Waals surface area (Å²) in [6.45, 7) is 2.13. The second-order valence-electron chi connectivity index (χ2n) is 10.2. The van der Waals surface area contributed by atoms with Gasteiger partial charge in [0.15, 0.2) is 6.61 Å². The number of fused-ring (bicyclic) bond motifs is 2. The fraction of sp³-hybridized carbons (Fsp3) is 0.355. The molecule has 8 heteroatoms. The predicted octanol–water partition coefficient (Wildman–Crippen LogP) is 4.72. The zero-order valence-electron chi connectivity index (χ0n) is 21.9. The van der Waals surface area contributed by atoms with Crippen LogP contribution in [0, 0.1) is 0 Å². The maximum Gasteiger partial charge on any atom is 0.282 e. The lowest BCUT2D eigenvalue weighted by atomic mass is 9.88. The average Bonchev–Trinajstić information content (AvgIpc) is 3.00. The second-order valence-corrected chi connectivity index (χ2v) is 10.2. The van der Waals surface area contributed by atoms with Gasteiger partial charge in [0, 0.05) is 24.6 Å². The van der Waals surface area contributed by atoms with Gasteiger partial charge in [-0.15, -0.1) is 0 Å². The first-order valence-corrected chi connectivity index (χ1v) is 13.7. The molecular formula is C31H32N4O4. The third-order valence-corrected chi connectivity index (χ3v) is 7.70. The van der Waals surface area contributed by atoms with Crippen molar-refractivity contribution in [2.24, 2.45) is 5.10 Å². The zero-order valence-corrected chi connectivity index (χ0v) is 21.9. The monoisotopic (exact) mass is 524 g/mol. The van der Waals surface area contributed by atoms with Crippen LogP contribution in [0.15, 0.2) is 70.6 Å². The molecule has 1 aliphatic carbocycles. The summed E-state index contributed by atoms with van der Waals surface area (Å²) in [5.41, 5.74) is 1.24. The lowest BCUT2D eigenvalue weighted by Gasteiger charge is -2.26. The van der Waals surface area contributed by atoms with Crippen molar-refractivity contribution in [1.29, 1.82) is 0 Å². The van der Waals surface area contributed by atoms with E-state index in [4.69, 9.17) is 19.6 Å². The van der Waals surface area contributed by atoms with Gasteiger partial charge in [0.05, 0.1) is 30.3 Å². The third kappa shape index (κ3) is 5.29. The summed E-state index contributed by atoms with van der Waals surface area (Å²) >= 11 is 0. The fourth-order valence-corrected chi connectivity index (χ4v) is 5.57. The van der Waals surface area contributed by atoms with Crippen molar-refractivity contribution >= 4 is 33.8 Å². The number of para-hydroxylation sites is 1. The molecule has 0 N–H and O–H groups in total. The number of nitrogens with zero attached hydrogens (tertiary/aromatic N) is 4. The van der Waals surface area contributed by atoms with E-state index in [0.29, 0.717) is 48.8 Å². The van der Waals surface area contributed by atoms with Gasteiger partial charge in [0.2, 0.25) is 0 Å². The molecule has 1 aliphatic heterocycles. The van der Waals surface area contributed by atoms with E-state index in [0.717, 1.165) is 42.0 Å². The van der Waals surface area contributed by atoms with Crippen LogP contribution in [-0.2, 0) is 9.53 Å². The molecule has 1 amide bonds. The van der Waals surface area contributed by atoms with Crippen molar-refractivity contribution in [3.05, 3.63) is 82.4 Å². The number of morpholine rings is 1. The summed E-state index contributed by atoms with van der Waals surface area (Å²) < 4.78 is 12.9. The molecule has 8 nitrogen and oxygen atoms in total. The first kappa shape index (κ1) is 25.2. The Labute approximate surface area is 226 Å². The van der Waals surface area contributed by atoms with Gasteiger partial charge in [-0.25, -0.2) is 4.98 Å². The van der Waals surface area contributed by atoms with E-state index in [1.54, 1.807) is 17.2 Å². The van der Waals surface area contributed by atoms with Gasteiger partial charge < -0.3 is 14.4 Å². The number of hydrogen-bond acceptors (Lipinski definition) is 6. The average molecular weight is 525 g/mol. The molecule has 200 valence electrons. The van der Waals surface area contributed by atoms with E-state index < -0.39 is 0 Å². The van der Waals surface area contributed by atoms with Gasteiger partial charge in [-0.3, -0.25) is 9.59 Å². The molecule has 0 spiro atoms. The Bertz CT molecular complexity index is 1580. The van der Waals surface area contributed by atoms with Gasteiger partial charge in [0.25, 0.3) is 11.5 Å². The molecule has 2 aliphatic rings. The normalized spacial score (nSPS) is 16.8. The molecule has 3 aromatic carbocycles. The van der Waals surface area contributed by atoms with Crippen LogP contribution >= 0.6 is 0 Å². The first-order valence-electron chi connectivity index (χ1n) is 13.7. The highest BCUT2D eigenvalue weighted by Gasteiger charge is 2.23. The van der Waals surface area contributed by atoms with Crippen molar-refractivity contribution in [2.75, 3.05) is 32.9 Å². The highest BCUT2D eigenvalue weighted by molar-refractivity contribution is 6.02. The molecule has 0 unspecified atom stereocenters. The Morgan fingerprint density at radius 1 is 0.974 bits per heavy atom. The van der Waals surface area contributed by atoms with Gasteiger partial charge in [-0.2, -0.15) is 9.78 Å². The maximum atomic E-state index is 13.7. The van der Waals surface area contributed by atoms with Crippen LogP contribution in [0.4, 0.5) is 0 Å². The van der Waals surface area contributed by atoms with Crippen LogP contribution < -0.4 is 10.3 Å². The Morgan fingerprint density at radius 3 is 2.54 bits per heavy atom. The van der Waals surface area contributed by atoms with Crippen LogP contribution in [0.25, 0.3) is 21.7 Å². The van der Waals surface area contributed by atoms with E-state index in [9.17, 15) is 9.59 Å². The molecular weight excluding hydrogens is 492 g/mol. The summed E-state index contributed by atoms with van der Waals surface area (Å²) in [6.07, 6.45) is 7.11. The Kier molecular flexibility index (Phi) is 7.36. The molecule has 0 bridgehead atoms. The van der Waals surface area contributed by atoms with Crippen molar-refractivity contribution in [2.45, 2.75) is 38.0 Å². The molecule has 0 radical (unpaired) electrons. The molecule has 6 rings (SSSR count). The van der Waals surface area contributed by atoms with E-state index in [1.807, 2.05) is 54.6 Å². The molecule has 39 heavy (non-hydrogen) atoms. The highest BCUT2D eigenvalue weighted by atomic mass is 16.5. The van der Waals surface area contributed by atoms with Crippen LogP contribution in [-0.4, -0.2) is 59.6 Å². The summed E-state index contributed by atoms with van der Waals surface area (Å²) in [4.78, 5) is 33.1. The Balaban J connectivity index is 1.40. The van der Waals surface area contributed by atoms with Crippen LogP contribution in [0.2, 0.25) is 0 Å². The predicted molar refractivity (Wildman–Crippen MR) is 152 cm³/mol. The minimum atomic E-state index is -0.178. The van der Waals surface area contributed by atoms with Crippen molar-refractivity contribution in [3.63, 3.8) is 0 Å². The molecule has 4 aromatic rings. The zero-order chi connectivity index (χ0) is 26.6. The third-order valence-electron chi connectivity index (χ3n) is 7.70. The van der Waals surface area contributed by atoms with E-state index in [2.05, 4.69) is 0 Å². The molecule has 1 aromatic heterocycles. The summed E-state index contributed by atoms with van der Waals surface area (Å²) in [7, 11) is 0. The summed E-state index contributed by atoms with van der Waals surface area (Å²) in [6, 6.07) is 19.2. The van der Waals surface area contributed by atoms with Crippen molar-refractivity contribution in [3.8, 4) is 5.75 Å². The van der Waals surface area contributed by atoms with Gasteiger partial charge >= 0.3 is 0 Å². The standard InChI is InChI=1S/C31H32N4O4/c36-29(34-16-18-38-19-17-34)21-39-28-15-14-22-8-4-5-11-24(22)26(28)20-32-35-30(23-9-2-1-3-10-23)33-27-13-7-6-12-25(27)31(35)37/h4-8,11-15,20,23H,1-3,9-10,16-19,21H2. The molecule has 1 saturated carbocycles. The fourth-order valence-electron chi connectivity index (χ4n) is 5.57. The maximum absolute atomic E-state index is 13.7. The quantitative estimate of drug-likeness (QED) is 0.341. The molecule has 2 heterocycles. The van der Waals surface area contributed by atoms with E-state index in [1.165, 1.54) is 11.1 Å².